The molecule has 2 nitrogen and oxygen atoms in total. The first kappa shape index (κ1) is 12.5. The summed E-state index contributed by atoms with van der Waals surface area (Å²) >= 11 is 6.12. The SMILES string of the molecule is Clc1nc(-c2ccccc2)c2c3c(ccc2n1)CCC=C3. The van der Waals surface area contributed by atoms with Crippen LogP contribution in [0.5, 0.6) is 0 Å². The summed E-state index contributed by atoms with van der Waals surface area (Å²) in [6.07, 6.45) is 6.56. The summed E-state index contributed by atoms with van der Waals surface area (Å²) in [5.74, 6) is 0. The second-order valence-electron chi connectivity index (χ2n) is 5.18. The zero-order valence-electron chi connectivity index (χ0n) is 11.4. The lowest BCUT2D eigenvalue weighted by molar-refractivity contribution is 0.988. The number of hydrogen-bond acceptors (Lipinski definition) is 2. The van der Waals surface area contributed by atoms with Gasteiger partial charge in [0.15, 0.2) is 0 Å². The molecule has 1 aliphatic carbocycles. The van der Waals surface area contributed by atoms with Crippen molar-refractivity contribution >= 4 is 28.6 Å². The number of benzene rings is 2. The predicted octanol–water partition coefficient (Wildman–Crippen LogP) is 4.91. The van der Waals surface area contributed by atoms with Crippen LogP contribution >= 0.6 is 11.6 Å². The van der Waals surface area contributed by atoms with E-state index in [-0.39, 0.29) is 0 Å². The largest absolute Gasteiger partial charge is 0.223 e. The van der Waals surface area contributed by atoms with Gasteiger partial charge in [-0.25, -0.2) is 9.97 Å². The molecule has 0 unspecified atom stereocenters. The van der Waals surface area contributed by atoms with Crippen LogP contribution in [0.2, 0.25) is 5.28 Å². The first-order chi connectivity index (χ1) is 10.3. The Morgan fingerprint density at radius 2 is 1.81 bits per heavy atom. The Bertz CT molecular complexity index is 854. The Hall–Kier alpha value is -2.19. The van der Waals surface area contributed by atoms with Crippen molar-refractivity contribution in [3.63, 3.8) is 0 Å². The molecule has 21 heavy (non-hydrogen) atoms. The highest BCUT2D eigenvalue weighted by molar-refractivity contribution is 6.29. The number of hydrogen-bond donors (Lipinski definition) is 0. The lowest BCUT2D eigenvalue weighted by Gasteiger charge is -2.15. The van der Waals surface area contributed by atoms with Crippen molar-refractivity contribution in [3.05, 3.63) is 65.0 Å². The molecule has 0 spiro atoms. The van der Waals surface area contributed by atoms with E-state index in [1.807, 2.05) is 24.3 Å². The van der Waals surface area contributed by atoms with Crippen LogP contribution in [0.4, 0.5) is 0 Å². The Kier molecular flexibility index (Phi) is 2.97. The van der Waals surface area contributed by atoms with E-state index in [9.17, 15) is 0 Å². The second-order valence-corrected chi connectivity index (χ2v) is 5.52. The van der Waals surface area contributed by atoms with E-state index >= 15 is 0 Å². The average Bonchev–Trinajstić information content (AvgIpc) is 2.54. The summed E-state index contributed by atoms with van der Waals surface area (Å²) in [4.78, 5) is 8.89. The van der Waals surface area contributed by atoms with Gasteiger partial charge in [0.25, 0.3) is 0 Å². The number of rotatable bonds is 1. The van der Waals surface area contributed by atoms with Crippen molar-refractivity contribution in [3.8, 4) is 11.3 Å². The highest BCUT2D eigenvalue weighted by Crippen LogP contribution is 2.34. The predicted molar refractivity (Wildman–Crippen MR) is 87.3 cm³/mol. The molecule has 2 aromatic carbocycles. The Morgan fingerprint density at radius 1 is 0.952 bits per heavy atom. The Balaban J connectivity index is 2.13. The van der Waals surface area contributed by atoms with E-state index in [2.05, 4.69) is 40.3 Å². The van der Waals surface area contributed by atoms with Gasteiger partial charge in [-0.3, -0.25) is 0 Å². The van der Waals surface area contributed by atoms with Gasteiger partial charge in [0, 0.05) is 10.9 Å². The highest BCUT2D eigenvalue weighted by atomic mass is 35.5. The summed E-state index contributed by atoms with van der Waals surface area (Å²) in [6.45, 7) is 0. The number of aromatic nitrogens is 2. The summed E-state index contributed by atoms with van der Waals surface area (Å²) in [6, 6.07) is 14.4. The number of halogens is 1. The fourth-order valence-electron chi connectivity index (χ4n) is 2.92. The smallest absolute Gasteiger partial charge is 0.218 e. The fourth-order valence-corrected chi connectivity index (χ4v) is 3.09. The maximum absolute atomic E-state index is 6.12. The average molecular weight is 293 g/mol. The molecule has 0 saturated carbocycles. The van der Waals surface area contributed by atoms with Crippen LogP contribution in [0.15, 0.2) is 48.5 Å². The number of aryl methyl sites for hydroxylation is 1. The Labute approximate surface area is 128 Å². The molecule has 1 heterocycles. The van der Waals surface area contributed by atoms with Crippen molar-refractivity contribution in [2.75, 3.05) is 0 Å². The minimum Gasteiger partial charge on any atom is -0.218 e. The maximum atomic E-state index is 6.12. The van der Waals surface area contributed by atoms with Crippen LogP contribution in [0.25, 0.3) is 28.2 Å². The molecular weight excluding hydrogens is 280 g/mol. The third-order valence-corrected chi connectivity index (χ3v) is 4.05. The van der Waals surface area contributed by atoms with E-state index in [0.29, 0.717) is 5.28 Å². The van der Waals surface area contributed by atoms with E-state index < -0.39 is 0 Å². The Morgan fingerprint density at radius 3 is 2.67 bits per heavy atom. The molecule has 102 valence electrons. The van der Waals surface area contributed by atoms with Crippen molar-refractivity contribution < 1.29 is 0 Å². The van der Waals surface area contributed by atoms with E-state index in [1.54, 1.807) is 0 Å². The van der Waals surface area contributed by atoms with E-state index in [1.165, 1.54) is 11.1 Å². The van der Waals surface area contributed by atoms with Gasteiger partial charge in [-0.05, 0) is 41.6 Å². The quantitative estimate of drug-likeness (QED) is 0.596. The molecule has 0 aliphatic heterocycles. The molecule has 4 rings (SSSR count). The van der Waals surface area contributed by atoms with Crippen LogP contribution in [-0.2, 0) is 6.42 Å². The van der Waals surface area contributed by atoms with Gasteiger partial charge >= 0.3 is 0 Å². The van der Waals surface area contributed by atoms with Crippen LogP contribution in [0, 0.1) is 0 Å². The van der Waals surface area contributed by atoms with Gasteiger partial charge in [-0.1, -0.05) is 48.6 Å². The topological polar surface area (TPSA) is 25.8 Å². The first-order valence-electron chi connectivity index (χ1n) is 7.04. The summed E-state index contributed by atoms with van der Waals surface area (Å²) in [5.41, 5.74) is 5.47. The lowest BCUT2D eigenvalue weighted by atomic mass is 9.92. The van der Waals surface area contributed by atoms with Gasteiger partial charge in [0.2, 0.25) is 5.28 Å². The standard InChI is InChI=1S/C18H13ClN2/c19-18-20-15-11-10-12-6-4-5-9-14(12)16(15)17(21-18)13-7-2-1-3-8-13/h1-3,5,7-11H,4,6H2. The molecular formula is C18H13ClN2. The molecule has 0 amide bonds. The van der Waals surface area contributed by atoms with E-state index in [0.717, 1.165) is 35.0 Å². The van der Waals surface area contributed by atoms with Crippen LogP contribution in [-0.4, -0.2) is 9.97 Å². The molecule has 3 aromatic rings. The van der Waals surface area contributed by atoms with Crippen molar-refractivity contribution in [2.24, 2.45) is 0 Å². The number of nitrogens with zero attached hydrogens (tertiary/aromatic N) is 2. The number of allylic oxidation sites excluding steroid dienone is 1. The van der Waals surface area contributed by atoms with Crippen LogP contribution < -0.4 is 0 Å². The molecule has 0 fully saturated rings. The summed E-state index contributed by atoms with van der Waals surface area (Å²) in [7, 11) is 0. The molecule has 0 N–H and O–H groups in total. The molecule has 1 aromatic heterocycles. The van der Waals surface area contributed by atoms with E-state index in [4.69, 9.17) is 11.6 Å². The highest BCUT2D eigenvalue weighted by Gasteiger charge is 2.15. The second kappa shape index (κ2) is 4.97. The molecule has 3 heteroatoms. The first-order valence-corrected chi connectivity index (χ1v) is 7.42. The lowest BCUT2D eigenvalue weighted by Crippen LogP contribution is -1.99. The minimum atomic E-state index is 0.293. The molecule has 0 bridgehead atoms. The molecule has 0 atom stereocenters. The van der Waals surface area contributed by atoms with Crippen LogP contribution in [0.3, 0.4) is 0 Å². The van der Waals surface area contributed by atoms with Crippen molar-refractivity contribution in [1.82, 2.24) is 9.97 Å². The van der Waals surface area contributed by atoms with Gasteiger partial charge in [-0.15, -0.1) is 0 Å². The monoisotopic (exact) mass is 292 g/mol. The number of fused-ring (bicyclic) bond motifs is 3. The van der Waals surface area contributed by atoms with Crippen LogP contribution in [0.1, 0.15) is 17.5 Å². The minimum absolute atomic E-state index is 0.293. The van der Waals surface area contributed by atoms with Gasteiger partial charge < -0.3 is 0 Å². The van der Waals surface area contributed by atoms with Gasteiger partial charge in [-0.2, -0.15) is 0 Å². The summed E-state index contributed by atoms with van der Waals surface area (Å²) < 4.78 is 0. The van der Waals surface area contributed by atoms with Crippen molar-refractivity contribution in [2.45, 2.75) is 12.8 Å². The van der Waals surface area contributed by atoms with Gasteiger partial charge in [0.1, 0.15) is 0 Å². The molecule has 1 aliphatic rings. The summed E-state index contributed by atoms with van der Waals surface area (Å²) in [5, 5.41) is 1.39. The maximum Gasteiger partial charge on any atom is 0.223 e. The van der Waals surface area contributed by atoms with Gasteiger partial charge in [0.05, 0.1) is 11.2 Å². The normalized spacial score (nSPS) is 13.4. The molecule has 0 saturated heterocycles. The third-order valence-electron chi connectivity index (χ3n) is 3.88. The fraction of sp³-hybridized carbons (Fsp3) is 0.111. The molecule has 0 radical (unpaired) electrons. The zero-order valence-corrected chi connectivity index (χ0v) is 12.1. The third kappa shape index (κ3) is 2.12. The zero-order chi connectivity index (χ0) is 14.2. The van der Waals surface area contributed by atoms with Crippen molar-refractivity contribution in [1.29, 1.82) is 0 Å².